The number of hydrogen-bond donors (Lipinski definition) is 0. The Morgan fingerprint density at radius 3 is 1.88 bits per heavy atom. The van der Waals surface area contributed by atoms with Gasteiger partial charge in [0.05, 0.1) is 0 Å². The second-order valence-electron chi connectivity index (χ2n) is 8.82. The lowest BCUT2D eigenvalue weighted by atomic mass is 9.98. The highest BCUT2D eigenvalue weighted by atomic mass is 16.7. The standard InChI is InChI=1S/C29H30O11/c1-17(30)35-16-25-26(36-18(2)31)27(37-19(3)32)28(38-20(4)33)29(40-25)39-23-13-11-22(12-14-23)24(34)15-10-21-8-6-5-7-9-21/h5-15,25-29H,16H2,1-4H3/b15-10+/t25-,26-,27+,28+,29-/m1/s1. The van der Waals surface area contributed by atoms with Gasteiger partial charge in [0.25, 0.3) is 0 Å². The van der Waals surface area contributed by atoms with Crippen molar-refractivity contribution in [3.63, 3.8) is 0 Å². The van der Waals surface area contributed by atoms with Gasteiger partial charge in [-0.05, 0) is 35.9 Å². The quantitative estimate of drug-likeness (QED) is 0.185. The summed E-state index contributed by atoms with van der Waals surface area (Å²) in [4.78, 5) is 59.8. The molecule has 2 aromatic rings. The Morgan fingerprint density at radius 2 is 1.30 bits per heavy atom. The van der Waals surface area contributed by atoms with Gasteiger partial charge in [-0.1, -0.05) is 36.4 Å². The van der Waals surface area contributed by atoms with E-state index in [1.807, 2.05) is 30.3 Å². The Balaban J connectivity index is 1.86. The van der Waals surface area contributed by atoms with Crippen molar-refractivity contribution >= 4 is 35.7 Å². The number of ketones is 1. The van der Waals surface area contributed by atoms with Crippen molar-refractivity contribution in [3.8, 4) is 5.75 Å². The largest absolute Gasteiger partial charge is 0.463 e. The monoisotopic (exact) mass is 554 g/mol. The van der Waals surface area contributed by atoms with Crippen molar-refractivity contribution in [3.05, 3.63) is 71.8 Å². The second kappa shape index (κ2) is 14.0. The molecule has 0 aliphatic carbocycles. The molecule has 212 valence electrons. The molecule has 0 aromatic heterocycles. The van der Waals surface area contributed by atoms with Gasteiger partial charge >= 0.3 is 23.9 Å². The number of carbonyl (C=O) groups is 5. The number of carbonyl (C=O) groups excluding carboxylic acids is 5. The van der Waals surface area contributed by atoms with E-state index in [4.69, 9.17) is 28.4 Å². The molecule has 0 amide bonds. The lowest BCUT2D eigenvalue weighted by molar-refractivity contribution is -0.288. The Labute approximate surface area is 230 Å². The number of rotatable bonds is 10. The summed E-state index contributed by atoms with van der Waals surface area (Å²) in [5.41, 5.74) is 1.26. The molecule has 1 fully saturated rings. The Morgan fingerprint density at radius 1 is 0.725 bits per heavy atom. The fraction of sp³-hybridized carbons (Fsp3) is 0.345. The Bertz CT molecular complexity index is 1240. The van der Waals surface area contributed by atoms with Crippen molar-refractivity contribution in [2.24, 2.45) is 0 Å². The summed E-state index contributed by atoms with van der Waals surface area (Å²) in [6, 6.07) is 15.5. The van der Waals surface area contributed by atoms with E-state index in [2.05, 4.69) is 0 Å². The summed E-state index contributed by atoms with van der Waals surface area (Å²) in [5.74, 6) is -2.87. The predicted octanol–water partition coefficient (Wildman–Crippen LogP) is 3.04. The minimum Gasteiger partial charge on any atom is -0.463 e. The van der Waals surface area contributed by atoms with E-state index in [1.54, 1.807) is 6.08 Å². The number of allylic oxidation sites excluding steroid dienone is 1. The van der Waals surface area contributed by atoms with Crippen LogP contribution in [0.2, 0.25) is 0 Å². The van der Waals surface area contributed by atoms with Gasteiger partial charge in [0.1, 0.15) is 18.5 Å². The lowest BCUT2D eigenvalue weighted by Gasteiger charge is -2.43. The first-order valence-corrected chi connectivity index (χ1v) is 12.4. The topological polar surface area (TPSA) is 141 Å². The highest BCUT2D eigenvalue weighted by molar-refractivity contribution is 6.06. The summed E-state index contributed by atoms with van der Waals surface area (Å²) < 4.78 is 33.0. The van der Waals surface area contributed by atoms with Crippen LogP contribution in [0.4, 0.5) is 0 Å². The molecule has 0 spiro atoms. The average molecular weight is 555 g/mol. The van der Waals surface area contributed by atoms with Gasteiger partial charge in [0.15, 0.2) is 18.0 Å². The van der Waals surface area contributed by atoms with Crippen LogP contribution < -0.4 is 4.74 Å². The molecule has 1 aliphatic heterocycles. The van der Waals surface area contributed by atoms with Crippen LogP contribution in [0.25, 0.3) is 6.08 Å². The lowest BCUT2D eigenvalue weighted by Crippen LogP contribution is -2.63. The fourth-order valence-corrected chi connectivity index (χ4v) is 3.95. The van der Waals surface area contributed by atoms with E-state index in [0.29, 0.717) is 5.56 Å². The molecule has 40 heavy (non-hydrogen) atoms. The zero-order valence-corrected chi connectivity index (χ0v) is 22.4. The molecule has 0 N–H and O–H groups in total. The smallest absolute Gasteiger partial charge is 0.303 e. The summed E-state index contributed by atoms with van der Waals surface area (Å²) in [6.45, 7) is 4.20. The molecule has 11 heteroatoms. The van der Waals surface area contributed by atoms with Crippen molar-refractivity contribution in [2.75, 3.05) is 6.61 Å². The molecule has 2 aromatic carbocycles. The van der Waals surface area contributed by atoms with E-state index in [0.717, 1.165) is 26.3 Å². The molecule has 1 aliphatic rings. The maximum atomic E-state index is 12.6. The third-order valence-electron chi connectivity index (χ3n) is 5.57. The third-order valence-corrected chi connectivity index (χ3v) is 5.57. The summed E-state index contributed by atoms with van der Waals surface area (Å²) in [7, 11) is 0. The maximum absolute atomic E-state index is 12.6. The summed E-state index contributed by atoms with van der Waals surface area (Å²) in [5, 5.41) is 0. The van der Waals surface area contributed by atoms with E-state index in [9.17, 15) is 24.0 Å². The van der Waals surface area contributed by atoms with Crippen LogP contribution in [-0.2, 0) is 42.9 Å². The highest BCUT2D eigenvalue weighted by Gasteiger charge is 2.53. The molecule has 0 saturated carbocycles. The van der Waals surface area contributed by atoms with Crippen molar-refractivity contribution in [1.29, 1.82) is 0 Å². The van der Waals surface area contributed by atoms with Crippen LogP contribution in [0.3, 0.4) is 0 Å². The molecule has 1 heterocycles. The van der Waals surface area contributed by atoms with E-state index >= 15 is 0 Å². The molecular formula is C29H30O11. The zero-order valence-electron chi connectivity index (χ0n) is 22.4. The van der Waals surface area contributed by atoms with E-state index in [-0.39, 0.29) is 18.1 Å². The van der Waals surface area contributed by atoms with Crippen LogP contribution >= 0.6 is 0 Å². The van der Waals surface area contributed by atoms with Crippen LogP contribution in [-0.4, -0.2) is 67.0 Å². The van der Waals surface area contributed by atoms with E-state index in [1.165, 1.54) is 37.3 Å². The molecule has 0 unspecified atom stereocenters. The van der Waals surface area contributed by atoms with Gasteiger partial charge in [-0.3, -0.25) is 24.0 Å². The van der Waals surface area contributed by atoms with Crippen molar-refractivity contribution in [2.45, 2.75) is 58.4 Å². The molecule has 0 radical (unpaired) electrons. The first kappa shape index (κ1) is 30.0. The molecule has 11 nitrogen and oxygen atoms in total. The zero-order chi connectivity index (χ0) is 29.2. The molecule has 5 atom stereocenters. The van der Waals surface area contributed by atoms with Gasteiger partial charge in [0, 0.05) is 33.3 Å². The third kappa shape index (κ3) is 8.77. The van der Waals surface area contributed by atoms with Crippen molar-refractivity contribution < 1.29 is 52.4 Å². The van der Waals surface area contributed by atoms with Crippen LogP contribution in [0.1, 0.15) is 43.6 Å². The van der Waals surface area contributed by atoms with Gasteiger partial charge in [-0.15, -0.1) is 0 Å². The second-order valence-corrected chi connectivity index (χ2v) is 8.82. The minimum absolute atomic E-state index is 0.226. The molecule has 3 rings (SSSR count). The van der Waals surface area contributed by atoms with Gasteiger partial charge in [0.2, 0.25) is 12.4 Å². The van der Waals surface area contributed by atoms with Crippen LogP contribution in [0, 0.1) is 0 Å². The first-order valence-electron chi connectivity index (χ1n) is 12.4. The SMILES string of the molecule is CC(=O)OC[C@H]1O[C@@H](Oc2ccc(C(=O)/C=C/c3ccccc3)cc2)[C@@H](OC(C)=O)[C@@H](OC(C)=O)[C@@H]1OC(C)=O. The first-order chi connectivity index (χ1) is 19.0. The minimum atomic E-state index is -1.37. The Hall–Kier alpha value is -4.51. The predicted molar refractivity (Wildman–Crippen MR) is 139 cm³/mol. The maximum Gasteiger partial charge on any atom is 0.303 e. The number of benzene rings is 2. The Kier molecular flexibility index (Phi) is 10.5. The summed E-state index contributed by atoms with van der Waals surface area (Å²) in [6.07, 6.45) is -3.38. The summed E-state index contributed by atoms with van der Waals surface area (Å²) >= 11 is 0. The number of esters is 4. The molecule has 0 bridgehead atoms. The average Bonchev–Trinajstić information content (AvgIpc) is 2.89. The molecular weight excluding hydrogens is 524 g/mol. The molecule has 1 saturated heterocycles. The number of hydrogen-bond acceptors (Lipinski definition) is 11. The van der Waals surface area contributed by atoms with Gasteiger partial charge < -0.3 is 28.4 Å². The fourth-order valence-electron chi connectivity index (χ4n) is 3.95. The van der Waals surface area contributed by atoms with E-state index < -0.39 is 54.6 Å². The van der Waals surface area contributed by atoms with Crippen molar-refractivity contribution in [1.82, 2.24) is 0 Å². The van der Waals surface area contributed by atoms with Crippen LogP contribution in [0.5, 0.6) is 5.75 Å². The highest BCUT2D eigenvalue weighted by Crippen LogP contribution is 2.31. The van der Waals surface area contributed by atoms with Crippen LogP contribution in [0.15, 0.2) is 60.7 Å². The van der Waals surface area contributed by atoms with Gasteiger partial charge in [-0.25, -0.2) is 0 Å². The normalized spacial score (nSPS) is 22.1. The van der Waals surface area contributed by atoms with Gasteiger partial charge in [-0.2, -0.15) is 0 Å². The number of ether oxygens (including phenoxy) is 6.